The third-order valence-electron chi connectivity index (χ3n) is 4.99. The Kier molecular flexibility index (Phi) is 10.4. The highest BCUT2D eigenvalue weighted by Crippen LogP contribution is 2.12. The van der Waals surface area contributed by atoms with Crippen LogP contribution in [0.4, 0.5) is 4.79 Å². The first-order chi connectivity index (χ1) is 16.7. The number of esters is 1. The maximum absolute atomic E-state index is 12.9. The van der Waals surface area contributed by atoms with Crippen molar-refractivity contribution in [2.45, 2.75) is 84.8 Å². The van der Waals surface area contributed by atoms with Gasteiger partial charge in [-0.1, -0.05) is 50.0 Å². The van der Waals surface area contributed by atoms with Gasteiger partial charge in [0.1, 0.15) is 25.0 Å². The van der Waals surface area contributed by atoms with Crippen molar-refractivity contribution in [2.24, 2.45) is 0 Å². The van der Waals surface area contributed by atoms with Crippen LogP contribution in [0.5, 0.6) is 0 Å². The standard InChI is InChI=1S/C26H39N3O6Si/c1-19(30)23-27-21(16-29(23)18-33-13-14-36(5,6)7)17-34-24(31)22(15-20-11-9-8-10-12-20)28-25(32)35-26(2,3)4/h8-12,16,22H,13-15,17-18H2,1-7H3,(H,28,32)/t22-/m0/s1. The Morgan fingerprint density at radius 3 is 2.36 bits per heavy atom. The maximum atomic E-state index is 12.9. The Morgan fingerprint density at radius 2 is 1.78 bits per heavy atom. The molecule has 0 unspecified atom stereocenters. The topological polar surface area (TPSA) is 109 Å². The molecule has 0 radical (unpaired) electrons. The van der Waals surface area contributed by atoms with Crippen LogP contribution in [0.1, 0.15) is 49.6 Å². The Balaban J connectivity index is 2.06. The summed E-state index contributed by atoms with van der Waals surface area (Å²) in [5.74, 6) is -0.605. The van der Waals surface area contributed by atoms with Gasteiger partial charge in [0, 0.05) is 34.2 Å². The molecule has 198 valence electrons. The van der Waals surface area contributed by atoms with Gasteiger partial charge >= 0.3 is 12.1 Å². The number of nitrogens with one attached hydrogen (secondary N) is 1. The molecule has 1 N–H and O–H groups in total. The number of aromatic nitrogens is 2. The lowest BCUT2D eigenvalue weighted by Crippen LogP contribution is -2.45. The summed E-state index contributed by atoms with van der Waals surface area (Å²) >= 11 is 0. The maximum Gasteiger partial charge on any atom is 0.408 e. The monoisotopic (exact) mass is 517 g/mol. The molecule has 0 aliphatic rings. The van der Waals surface area contributed by atoms with Crippen LogP contribution >= 0.6 is 0 Å². The van der Waals surface area contributed by atoms with Gasteiger partial charge in [-0.25, -0.2) is 14.6 Å². The van der Waals surface area contributed by atoms with Crippen molar-refractivity contribution in [1.29, 1.82) is 0 Å². The lowest BCUT2D eigenvalue weighted by Gasteiger charge is -2.23. The number of hydrogen-bond donors (Lipinski definition) is 1. The van der Waals surface area contributed by atoms with Gasteiger partial charge in [-0.05, 0) is 32.4 Å². The third-order valence-corrected chi connectivity index (χ3v) is 6.69. The van der Waals surface area contributed by atoms with Gasteiger partial charge in [-0.15, -0.1) is 0 Å². The summed E-state index contributed by atoms with van der Waals surface area (Å²) in [5, 5.41) is 2.61. The van der Waals surface area contributed by atoms with E-state index in [4.69, 9.17) is 14.2 Å². The second-order valence-corrected chi connectivity index (χ2v) is 16.5. The zero-order chi connectivity index (χ0) is 26.9. The zero-order valence-electron chi connectivity index (χ0n) is 22.4. The molecule has 1 heterocycles. The second kappa shape index (κ2) is 12.8. The SMILES string of the molecule is CC(=O)c1nc(COC(=O)[C@H](Cc2ccccc2)NC(=O)OC(C)(C)C)cn1COCC[Si](C)(C)C. The summed E-state index contributed by atoms with van der Waals surface area (Å²) in [6, 6.07) is 9.35. The fourth-order valence-electron chi connectivity index (χ4n) is 3.20. The highest BCUT2D eigenvalue weighted by molar-refractivity contribution is 6.76. The first-order valence-corrected chi connectivity index (χ1v) is 15.8. The Morgan fingerprint density at radius 1 is 1.11 bits per heavy atom. The van der Waals surface area contributed by atoms with Crippen molar-refractivity contribution in [1.82, 2.24) is 14.9 Å². The average molecular weight is 518 g/mol. The molecule has 2 rings (SSSR count). The van der Waals surface area contributed by atoms with Crippen LogP contribution in [0.3, 0.4) is 0 Å². The molecule has 1 atom stereocenters. The Labute approximate surface area is 214 Å². The molecule has 0 saturated heterocycles. The zero-order valence-corrected chi connectivity index (χ0v) is 23.4. The van der Waals surface area contributed by atoms with Crippen molar-refractivity contribution in [3.05, 3.63) is 53.6 Å². The van der Waals surface area contributed by atoms with E-state index in [9.17, 15) is 14.4 Å². The summed E-state index contributed by atoms with van der Waals surface area (Å²) in [5.41, 5.74) is 0.561. The molecule has 36 heavy (non-hydrogen) atoms. The van der Waals surface area contributed by atoms with Gasteiger partial charge in [0.15, 0.2) is 11.6 Å². The number of amides is 1. The number of benzene rings is 1. The fourth-order valence-corrected chi connectivity index (χ4v) is 3.96. The van der Waals surface area contributed by atoms with Gasteiger partial charge in [-0.3, -0.25) is 4.79 Å². The quantitative estimate of drug-likeness (QED) is 0.190. The number of hydrogen-bond acceptors (Lipinski definition) is 7. The molecular weight excluding hydrogens is 478 g/mol. The van der Waals surface area contributed by atoms with E-state index in [0.29, 0.717) is 12.3 Å². The van der Waals surface area contributed by atoms with Gasteiger partial charge < -0.3 is 24.1 Å². The van der Waals surface area contributed by atoms with E-state index in [0.717, 1.165) is 11.6 Å². The molecule has 0 saturated carbocycles. The third kappa shape index (κ3) is 10.7. The lowest BCUT2D eigenvalue weighted by molar-refractivity contribution is -0.147. The number of ketones is 1. The number of carbonyl (C=O) groups is 3. The minimum atomic E-state index is -1.23. The Hall–Kier alpha value is -2.98. The Bertz CT molecular complexity index is 1020. The number of ether oxygens (including phenoxy) is 3. The van der Waals surface area contributed by atoms with Crippen LogP contribution in [-0.2, 0) is 38.8 Å². The summed E-state index contributed by atoms with van der Waals surface area (Å²) in [7, 11) is -1.23. The predicted octanol–water partition coefficient (Wildman–Crippen LogP) is 4.58. The normalized spacial score (nSPS) is 12.6. The van der Waals surface area contributed by atoms with E-state index in [1.165, 1.54) is 6.92 Å². The molecule has 0 aliphatic carbocycles. The van der Waals surface area contributed by atoms with Crippen molar-refractivity contribution < 1.29 is 28.6 Å². The summed E-state index contributed by atoms with van der Waals surface area (Å²) in [4.78, 5) is 41.6. The van der Waals surface area contributed by atoms with Crippen LogP contribution in [0.15, 0.2) is 36.5 Å². The predicted molar refractivity (Wildman–Crippen MR) is 139 cm³/mol. The van der Waals surface area contributed by atoms with E-state index in [-0.39, 0.29) is 31.4 Å². The van der Waals surface area contributed by atoms with Crippen LogP contribution in [0.25, 0.3) is 0 Å². The van der Waals surface area contributed by atoms with Crippen molar-refractivity contribution >= 4 is 25.9 Å². The number of imidazole rings is 1. The van der Waals surface area contributed by atoms with E-state index >= 15 is 0 Å². The van der Waals surface area contributed by atoms with Crippen molar-refractivity contribution in [3.63, 3.8) is 0 Å². The van der Waals surface area contributed by atoms with Crippen molar-refractivity contribution in [2.75, 3.05) is 6.61 Å². The summed E-state index contributed by atoms with van der Waals surface area (Å²) in [6.07, 6.45) is 1.17. The van der Waals surface area contributed by atoms with Gasteiger partial charge in [-0.2, -0.15) is 0 Å². The van der Waals surface area contributed by atoms with Crippen molar-refractivity contribution in [3.8, 4) is 0 Å². The van der Waals surface area contributed by atoms with Gasteiger partial charge in [0.25, 0.3) is 0 Å². The largest absolute Gasteiger partial charge is 0.458 e. The first-order valence-electron chi connectivity index (χ1n) is 12.1. The summed E-state index contributed by atoms with van der Waals surface area (Å²) < 4.78 is 18.2. The molecule has 0 spiro atoms. The highest BCUT2D eigenvalue weighted by atomic mass is 28.3. The molecule has 9 nitrogen and oxygen atoms in total. The van der Waals surface area contributed by atoms with Gasteiger partial charge in [0.05, 0.1) is 5.69 Å². The highest BCUT2D eigenvalue weighted by Gasteiger charge is 2.26. The number of nitrogens with zero attached hydrogens (tertiary/aromatic N) is 2. The fraction of sp³-hybridized carbons (Fsp3) is 0.538. The number of rotatable bonds is 12. The smallest absolute Gasteiger partial charge is 0.408 e. The van der Waals surface area contributed by atoms with E-state index < -0.39 is 31.8 Å². The number of Topliss-reactive ketones (excluding diaryl/α,β-unsaturated/α-hetero) is 1. The molecule has 1 aromatic heterocycles. The van der Waals surface area contributed by atoms with E-state index in [1.807, 2.05) is 30.3 Å². The molecule has 0 fully saturated rings. The average Bonchev–Trinajstić information content (AvgIpc) is 3.17. The summed E-state index contributed by atoms with van der Waals surface area (Å²) in [6.45, 7) is 14.1. The van der Waals surface area contributed by atoms with Crippen LogP contribution in [0, 0.1) is 0 Å². The first kappa shape index (κ1) is 29.2. The van der Waals surface area contributed by atoms with Gasteiger partial charge in [0.2, 0.25) is 0 Å². The molecule has 0 bridgehead atoms. The molecule has 0 aliphatic heterocycles. The van der Waals surface area contributed by atoms with Crippen LogP contribution in [0.2, 0.25) is 25.7 Å². The molecule has 1 aromatic carbocycles. The molecule has 1 amide bonds. The molecule has 2 aromatic rings. The van der Waals surface area contributed by atoms with Crippen LogP contribution < -0.4 is 5.32 Å². The van der Waals surface area contributed by atoms with E-state index in [1.54, 1.807) is 31.5 Å². The minimum absolute atomic E-state index is 0.150. The number of alkyl carbamates (subject to hydrolysis) is 1. The second-order valence-electron chi connectivity index (χ2n) is 10.9. The van der Waals surface area contributed by atoms with E-state index in [2.05, 4.69) is 29.9 Å². The van der Waals surface area contributed by atoms with Crippen LogP contribution in [-0.4, -0.2) is 53.7 Å². The minimum Gasteiger partial charge on any atom is -0.458 e. The molecular formula is C26H39N3O6Si. The lowest BCUT2D eigenvalue weighted by atomic mass is 10.1. The number of carbonyl (C=O) groups excluding carboxylic acids is 3. The molecule has 10 heteroatoms.